The fraction of sp³-hybridized carbons (Fsp3) is 0.0800. The van der Waals surface area contributed by atoms with Crippen LogP contribution in [0, 0.1) is 6.92 Å². The van der Waals surface area contributed by atoms with Crippen LogP contribution in [0.5, 0.6) is 0 Å². The molecule has 2 N–H and O–H groups in total. The molecule has 0 aliphatic carbocycles. The van der Waals surface area contributed by atoms with Crippen molar-refractivity contribution in [2.24, 2.45) is 0 Å². The lowest BCUT2D eigenvalue weighted by atomic mass is 10.1. The van der Waals surface area contributed by atoms with E-state index >= 15 is 0 Å². The van der Waals surface area contributed by atoms with Crippen molar-refractivity contribution < 1.29 is 14.4 Å². The lowest BCUT2D eigenvalue weighted by Gasteiger charge is -2.16. The third-order valence-corrected chi connectivity index (χ3v) is 5.96. The molecule has 1 aliphatic rings. The number of amides is 3. The maximum Gasteiger partial charge on any atom is 0.279 e. The number of aryl methyl sites for hydroxylation is 1. The Labute approximate surface area is 211 Å². The topological polar surface area (TPSA) is 78.5 Å². The molecule has 0 unspecified atom stereocenters. The maximum atomic E-state index is 13.0. The molecule has 6 nitrogen and oxygen atoms in total. The summed E-state index contributed by atoms with van der Waals surface area (Å²) >= 11 is 18.2. The number of carbonyl (C=O) groups excluding carboxylic acids is 3. The number of hydrogen-bond donors (Lipinski definition) is 2. The Morgan fingerprint density at radius 1 is 0.882 bits per heavy atom. The molecule has 0 saturated carbocycles. The second kappa shape index (κ2) is 9.89. The normalized spacial score (nSPS) is 13.5. The van der Waals surface area contributed by atoms with Gasteiger partial charge >= 0.3 is 0 Å². The average molecular weight is 515 g/mol. The van der Waals surface area contributed by atoms with E-state index in [1.54, 1.807) is 43.3 Å². The molecular weight excluding hydrogens is 497 g/mol. The molecule has 0 spiro atoms. The minimum absolute atomic E-state index is 0.0371. The summed E-state index contributed by atoms with van der Waals surface area (Å²) in [6.07, 6.45) is 0. The number of imide groups is 1. The molecule has 0 radical (unpaired) electrons. The van der Waals surface area contributed by atoms with Gasteiger partial charge in [0.1, 0.15) is 10.7 Å². The molecule has 0 atom stereocenters. The predicted octanol–water partition coefficient (Wildman–Crippen LogP) is 5.99. The van der Waals surface area contributed by atoms with Crippen LogP contribution in [0.2, 0.25) is 10.0 Å². The van der Waals surface area contributed by atoms with Crippen molar-refractivity contribution in [3.05, 3.63) is 104 Å². The van der Waals surface area contributed by atoms with Crippen LogP contribution in [0.4, 0.5) is 11.4 Å². The number of nitrogens with one attached hydrogen (secondary N) is 2. The Morgan fingerprint density at radius 2 is 1.56 bits per heavy atom. The van der Waals surface area contributed by atoms with Crippen molar-refractivity contribution in [1.82, 2.24) is 4.90 Å². The van der Waals surface area contributed by atoms with E-state index in [-0.39, 0.29) is 17.3 Å². The number of carbonyl (C=O) groups is 3. The fourth-order valence-electron chi connectivity index (χ4n) is 3.43. The quantitative estimate of drug-likeness (QED) is 0.396. The lowest BCUT2D eigenvalue weighted by Crippen LogP contribution is -2.31. The molecule has 4 rings (SSSR count). The van der Waals surface area contributed by atoms with Crippen LogP contribution in [0.1, 0.15) is 21.5 Å². The molecule has 3 aromatic rings. The third kappa shape index (κ3) is 5.09. The largest absolute Gasteiger partial charge is 0.349 e. The summed E-state index contributed by atoms with van der Waals surface area (Å²) in [5.74, 6) is -1.52. The molecule has 34 heavy (non-hydrogen) atoms. The average Bonchev–Trinajstić information content (AvgIpc) is 2.98. The molecule has 0 aromatic heterocycles. The summed E-state index contributed by atoms with van der Waals surface area (Å²) in [4.78, 5) is 39.5. The van der Waals surface area contributed by atoms with E-state index in [2.05, 4.69) is 10.6 Å². The van der Waals surface area contributed by atoms with Crippen LogP contribution in [-0.4, -0.2) is 22.6 Å². The molecule has 172 valence electrons. The summed E-state index contributed by atoms with van der Waals surface area (Å²) in [6, 6.07) is 18.8. The first-order chi connectivity index (χ1) is 16.2. The summed E-state index contributed by atoms with van der Waals surface area (Å²) < 4.78 is 0. The highest BCUT2D eigenvalue weighted by atomic mass is 35.5. The zero-order chi connectivity index (χ0) is 24.4. The van der Waals surface area contributed by atoms with E-state index in [9.17, 15) is 14.4 Å². The van der Waals surface area contributed by atoms with Crippen molar-refractivity contribution in [3.63, 3.8) is 0 Å². The second-order valence-electron chi connectivity index (χ2n) is 7.64. The van der Waals surface area contributed by atoms with Crippen LogP contribution < -0.4 is 10.6 Å². The Kier molecular flexibility index (Phi) is 6.93. The predicted molar refractivity (Wildman–Crippen MR) is 134 cm³/mol. The number of rotatable bonds is 6. The SMILES string of the molecule is Cc1ccc(C(=O)Nc2cc(Cl)cc(Cl)c2)cc1NC1=C(Cl)C(=O)N(Cc2ccccc2)C1=O. The Morgan fingerprint density at radius 3 is 2.24 bits per heavy atom. The zero-order valence-electron chi connectivity index (χ0n) is 17.9. The van der Waals surface area contributed by atoms with E-state index in [1.807, 2.05) is 30.3 Å². The van der Waals surface area contributed by atoms with Crippen molar-refractivity contribution in [1.29, 1.82) is 0 Å². The van der Waals surface area contributed by atoms with Gasteiger partial charge in [-0.15, -0.1) is 0 Å². The van der Waals surface area contributed by atoms with Gasteiger partial charge in [0.05, 0.1) is 6.54 Å². The van der Waals surface area contributed by atoms with Crippen molar-refractivity contribution >= 4 is 63.9 Å². The van der Waals surface area contributed by atoms with Crippen LogP contribution in [0.15, 0.2) is 77.5 Å². The first-order valence-corrected chi connectivity index (χ1v) is 11.3. The van der Waals surface area contributed by atoms with Gasteiger partial charge in [0.15, 0.2) is 0 Å². The van der Waals surface area contributed by atoms with Gasteiger partial charge in [0, 0.05) is 27.0 Å². The summed E-state index contributed by atoms with van der Waals surface area (Å²) in [5, 5.41) is 6.25. The van der Waals surface area contributed by atoms with E-state index in [1.165, 1.54) is 0 Å². The molecule has 0 bridgehead atoms. The minimum atomic E-state index is -0.581. The standard InChI is InChI=1S/C25H18Cl3N3O3/c1-14-7-8-16(23(32)29-19-11-17(26)10-18(27)12-19)9-20(14)30-22-21(28)24(33)31(25(22)34)13-15-5-3-2-4-6-15/h2-12,30H,13H2,1H3,(H,29,32). The van der Waals surface area contributed by atoms with Gasteiger partial charge in [-0.25, -0.2) is 0 Å². The molecule has 0 saturated heterocycles. The number of anilines is 2. The Balaban J connectivity index is 1.54. The van der Waals surface area contributed by atoms with Crippen LogP contribution in [-0.2, 0) is 16.1 Å². The molecule has 3 amide bonds. The van der Waals surface area contributed by atoms with Gasteiger partial charge in [0.25, 0.3) is 17.7 Å². The smallest absolute Gasteiger partial charge is 0.279 e. The van der Waals surface area contributed by atoms with Crippen LogP contribution in [0.25, 0.3) is 0 Å². The maximum absolute atomic E-state index is 13.0. The number of nitrogens with zero attached hydrogens (tertiary/aromatic N) is 1. The van der Waals surface area contributed by atoms with E-state index in [4.69, 9.17) is 34.8 Å². The van der Waals surface area contributed by atoms with Crippen LogP contribution >= 0.6 is 34.8 Å². The molecule has 0 fully saturated rings. The lowest BCUT2D eigenvalue weighted by molar-refractivity contribution is -0.138. The first kappa shape index (κ1) is 23.8. The number of benzene rings is 3. The molecule has 1 heterocycles. The number of halogens is 3. The minimum Gasteiger partial charge on any atom is -0.349 e. The van der Waals surface area contributed by atoms with E-state index in [0.717, 1.165) is 16.0 Å². The zero-order valence-corrected chi connectivity index (χ0v) is 20.1. The van der Waals surface area contributed by atoms with E-state index < -0.39 is 17.7 Å². The highest BCUT2D eigenvalue weighted by Crippen LogP contribution is 2.29. The third-order valence-electron chi connectivity index (χ3n) is 5.17. The van der Waals surface area contributed by atoms with E-state index in [0.29, 0.717) is 27.0 Å². The number of hydrogen-bond acceptors (Lipinski definition) is 4. The summed E-state index contributed by atoms with van der Waals surface area (Å²) in [7, 11) is 0. The van der Waals surface area contributed by atoms with Crippen molar-refractivity contribution in [3.8, 4) is 0 Å². The highest BCUT2D eigenvalue weighted by Gasteiger charge is 2.38. The van der Waals surface area contributed by atoms with Gasteiger partial charge in [-0.3, -0.25) is 19.3 Å². The van der Waals surface area contributed by atoms with Crippen molar-refractivity contribution in [2.45, 2.75) is 13.5 Å². The fourth-order valence-corrected chi connectivity index (χ4v) is 4.18. The Bertz CT molecular complexity index is 1320. The molecular formula is C25H18Cl3N3O3. The molecule has 1 aliphatic heterocycles. The second-order valence-corrected chi connectivity index (χ2v) is 8.89. The molecule has 3 aromatic carbocycles. The van der Waals surface area contributed by atoms with Gasteiger partial charge in [-0.1, -0.05) is 71.2 Å². The first-order valence-electron chi connectivity index (χ1n) is 10.2. The van der Waals surface area contributed by atoms with Gasteiger partial charge in [-0.2, -0.15) is 0 Å². The Hall–Kier alpha value is -3.32. The highest BCUT2D eigenvalue weighted by molar-refractivity contribution is 6.48. The van der Waals surface area contributed by atoms with Gasteiger partial charge in [0.2, 0.25) is 0 Å². The van der Waals surface area contributed by atoms with Gasteiger partial charge in [-0.05, 0) is 48.4 Å². The van der Waals surface area contributed by atoms with Crippen LogP contribution in [0.3, 0.4) is 0 Å². The summed E-state index contributed by atoms with van der Waals surface area (Å²) in [6.45, 7) is 1.90. The van der Waals surface area contributed by atoms with Crippen molar-refractivity contribution in [2.75, 3.05) is 10.6 Å². The molecule has 9 heteroatoms. The monoisotopic (exact) mass is 513 g/mol. The van der Waals surface area contributed by atoms with Gasteiger partial charge < -0.3 is 10.6 Å². The summed E-state index contributed by atoms with van der Waals surface area (Å²) in [5.41, 5.74) is 2.74.